The van der Waals surface area contributed by atoms with Crippen LogP contribution in [0.1, 0.15) is 33.3 Å². The molecule has 0 aliphatic carbocycles. The fourth-order valence-electron chi connectivity index (χ4n) is 2.14. The summed E-state index contributed by atoms with van der Waals surface area (Å²) in [6.07, 6.45) is 4.95. The molecular formula is C14H22ClN3O2. The first-order chi connectivity index (χ1) is 8.95. The van der Waals surface area contributed by atoms with Crippen molar-refractivity contribution in [1.29, 1.82) is 0 Å². The molecule has 1 amide bonds. The van der Waals surface area contributed by atoms with Crippen molar-refractivity contribution in [3.63, 3.8) is 0 Å². The van der Waals surface area contributed by atoms with E-state index in [0.29, 0.717) is 6.54 Å². The Morgan fingerprint density at radius 1 is 1.30 bits per heavy atom. The zero-order chi connectivity index (χ0) is 14.4. The van der Waals surface area contributed by atoms with Crippen LogP contribution < -0.4 is 17.0 Å². The second-order valence-corrected chi connectivity index (χ2v) is 5.04. The predicted molar refractivity (Wildman–Crippen MR) is 73.1 cm³/mol. The van der Waals surface area contributed by atoms with Crippen LogP contribution in [0.15, 0.2) is 29.7 Å². The Morgan fingerprint density at radius 2 is 1.80 bits per heavy atom. The molecule has 5 nitrogen and oxygen atoms in total. The Morgan fingerprint density at radius 3 is 2.20 bits per heavy atom. The molecule has 6 heteroatoms. The Bertz CT molecular complexity index is 436. The summed E-state index contributed by atoms with van der Waals surface area (Å²) in [4.78, 5) is 14.1. The zero-order valence-electron chi connectivity index (χ0n) is 12.3. The van der Waals surface area contributed by atoms with E-state index in [1.807, 2.05) is 37.2 Å². The molecule has 0 aromatic carbocycles. The van der Waals surface area contributed by atoms with Gasteiger partial charge in [0.05, 0.1) is 6.21 Å². The van der Waals surface area contributed by atoms with Gasteiger partial charge in [0.15, 0.2) is 12.4 Å². The molecule has 1 aromatic rings. The molecule has 1 rings (SSSR count). The normalized spacial score (nSPS) is 10.9. The highest BCUT2D eigenvalue weighted by Crippen LogP contribution is 2.05. The third-order valence-corrected chi connectivity index (χ3v) is 2.84. The van der Waals surface area contributed by atoms with Crippen LogP contribution in [0.5, 0.6) is 0 Å². The fraction of sp³-hybridized carbons (Fsp3) is 0.500. The van der Waals surface area contributed by atoms with Gasteiger partial charge in [0.1, 0.15) is 0 Å². The molecule has 0 saturated heterocycles. The van der Waals surface area contributed by atoms with E-state index in [-0.39, 0.29) is 30.4 Å². The number of rotatable bonds is 5. The Balaban J connectivity index is 0.00000361. The number of amides is 1. The minimum absolute atomic E-state index is 0. The van der Waals surface area contributed by atoms with Crippen molar-refractivity contribution in [3.8, 4) is 0 Å². The van der Waals surface area contributed by atoms with Crippen LogP contribution in [0.2, 0.25) is 0 Å². The first kappa shape index (κ1) is 18.4. The molecule has 1 aromatic heterocycles. The summed E-state index contributed by atoms with van der Waals surface area (Å²) in [6.45, 7) is 8.38. The van der Waals surface area contributed by atoms with Crippen molar-refractivity contribution in [2.24, 2.45) is 5.16 Å². The van der Waals surface area contributed by atoms with E-state index in [1.54, 1.807) is 24.5 Å². The second-order valence-electron chi connectivity index (χ2n) is 5.04. The second kappa shape index (κ2) is 8.53. The lowest BCUT2D eigenvalue weighted by molar-refractivity contribution is -0.685. The van der Waals surface area contributed by atoms with Crippen LogP contribution in [0.4, 0.5) is 0 Å². The number of pyridine rings is 1. The van der Waals surface area contributed by atoms with E-state index in [1.165, 1.54) is 6.21 Å². The van der Waals surface area contributed by atoms with E-state index in [2.05, 4.69) is 5.16 Å². The number of aromatic nitrogens is 1. The number of halogens is 1. The molecule has 20 heavy (non-hydrogen) atoms. The summed E-state index contributed by atoms with van der Waals surface area (Å²) in [6, 6.07) is 3.97. The quantitative estimate of drug-likeness (QED) is 0.309. The molecule has 1 heterocycles. The Hall–Kier alpha value is -1.62. The lowest BCUT2D eigenvalue weighted by atomic mass is 10.2. The molecular weight excluding hydrogens is 278 g/mol. The van der Waals surface area contributed by atoms with E-state index in [9.17, 15) is 4.79 Å². The van der Waals surface area contributed by atoms with Crippen molar-refractivity contribution in [2.75, 3.05) is 0 Å². The van der Waals surface area contributed by atoms with E-state index in [0.717, 1.165) is 5.56 Å². The van der Waals surface area contributed by atoms with Gasteiger partial charge < -0.3 is 22.5 Å². The van der Waals surface area contributed by atoms with Crippen LogP contribution >= 0.6 is 0 Å². The first-order valence-electron chi connectivity index (χ1n) is 6.43. The molecule has 1 N–H and O–H groups in total. The molecule has 0 fully saturated rings. The minimum atomic E-state index is 0. The minimum Gasteiger partial charge on any atom is -1.00 e. The van der Waals surface area contributed by atoms with Gasteiger partial charge in [-0.1, -0.05) is 5.16 Å². The maximum atomic E-state index is 12.2. The van der Waals surface area contributed by atoms with Crippen LogP contribution in [0.3, 0.4) is 0 Å². The van der Waals surface area contributed by atoms with Gasteiger partial charge in [0, 0.05) is 29.8 Å². The molecule has 112 valence electrons. The van der Waals surface area contributed by atoms with Crippen LogP contribution in [-0.2, 0) is 11.3 Å². The summed E-state index contributed by atoms with van der Waals surface area (Å²) in [5, 5.41) is 11.4. The maximum absolute atomic E-state index is 12.2. The molecule has 0 atom stereocenters. The number of nitrogens with zero attached hydrogens (tertiary/aromatic N) is 3. The van der Waals surface area contributed by atoms with Gasteiger partial charge in [-0.3, -0.25) is 4.79 Å². The fourth-order valence-corrected chi connectivity index (χ4v) is 2.14. The van der Waals surface area contributed by atoms with Crippen molar-refractivity contribution in [2.45, 2.75) is 46.3 Å². The maximum Gasteiger partial charge on any atom is 0.289 e. The van der Waals surface area contributed by atoms with Gasteiger partial charge in [0.25, 0.3) is 5.91 Å². The van der Waals surface area contributed by atoms with Crippen LogP contribution in [0, 0.1) is 0 Å². The van der Waals surface area contributed by atoms with Crippen LogP contribution in [-0.4, -0.2) is 34.3 Å². The standard InChI is InChI=1S/C14H21N3O2.ClH/c1-11(2)17(12(3)4)14(18)10-16-7-5-13(6-8-16)9-15-19;/h5-9,11-12H,10H2,1-4H3;1H. The zero-order valence-corrected chi connectivity index (χ0v) is 13.1. The molecule has 0 bridgehead atoms. The molecule has 0 aliphatic heterocycles. The van der Waals surface area contributed by atoms with Crippen molar-refractivity contribution in [3.05, 3.63) is 30.1 Å². The van der Waals surface area contributed by atoms with E-state index >= 15 is 0 Å². The average Bonchev–Trinajstić information content (AvgIpc) is 2.31. The summed E-state index contributed by atoms with van der Waals surface area (Å²) >= 11 is 0. The molecule has 0 radical (unpaired) electrons. The highest BCUT2D eigenvalue weighted by molar-refractivity contribution is 5.78. The van der Waals surface area contributed by atoms with E-state index < -0.39 is 0 Å². The third-order valence-electron chi connectivity index (χ3n) is 2.84. The van der Waals surface area contributed by atoms with Crippen molar-refractivity contribution in [1.82, 2.24) is 4.90 Å². The topological polar surface area (TPSA) is 56.8 Å². The summed E-state index contributed by atoms with van der Waals surface area (Å²) in [7, 11) is 0. The SMILES string of the molecule is CC(C)N(C(=O)C[n+]1ccc(/C=N/O)cc1)C(C)C.[Cl-]. The molecule has 0 spiro atoms. The lowest BCUT2D eigenvalue weighted by Gasteiger charge is -2.29. The summed E-state index contributed by atoms with van der Waals surface area (Å²) in [5.41, 5.74) is 0.788. The van der Waals surface area contributed by atoms with Crippen molar-refractivity contribution < 1.29 is 27.0 Å². The molecule has 0 saturated carbocycles. The summed E-state index contributed by atoms with van der Waals surface area (Å²) < 4.78 is 1.81. The number of hydrogen-bond donors (Lipinski definition) is 1. The lowest BCUT2D eigenvalue weighted by Crippen LogP contribution is -3.00. The van der Waals surface area contributed by atoms with Gasteiger partial charge in [-0.05, 0) is 27.7 Å². The molecule has 0 unspecified atom stereocenters. The number of carbonyl (C=O) groups excluding carboxylic acids is 1. The first-order valence-corrected chi connectivity index (χ1v) is 6.43. The van der Waals surface area contributed by atoms with Crippen molar-refractivity contribution >= 4 is 12.1 Å². The highest BCUT2D eigenvalue weighted by atomic mass is 35.5. The largest absolute Gasteiger partial charge is 1.00 e. The Kier molecular flexibility index (Phi) is 7.84. The Labute approximate surface area is 126 Å². The van der Waals surface area contributed by atoms with Gasteiger partial charge in [0.2, 0.25) is 6.54 Å². The summed E-state index contributed by atoms with van der Waals surface area (Å²) in [5.74, 6) is 0.0959. The molecule has 0 aliphatic rings. The van der Waals surface area contributed by atoms with Gasteiger partial charge in [-0.2, -0.15) is 4.57 Å². The van der Waals surface area contributed by atoms with Gasteiger partial charge in [-0.15, -0.1) is 0 Å². The number of hydrogen-bond acceptors (Lipinski definition) is 3. The van der Waals surface area contributed by atoms with Crippen LogP contribution in [0.25, 0.3) is 0 Å². The predicted octanol–water partition coefficient (Wildman–Crippen LogP) is -1.57. The highest BCUT2D eigenvalue weighted by Gasteiger charge is 2.22. The third kappa shape index (κ3) is 5.17. The smallest absolute Gasteiger partial charge is 0.289 e. The van der Waals surface area contributed by atoms with Gasteiger partial charge >= 0.3 is 0 Å². The van der Waals surface area contributed by atoms with Gasteiger partial charge in [-0.25, -0.2) is 0 Å². The van der Waals surface area contributed by atoms with E-state index in [4.69, 9.17) is 5.21 Å². The average molecular weight is 300 g/mol. The number of carbonyl (C=O) groups is 1. The number of oxime groups is 1. The monoisotopic (exact) mass is 299 g/mol.